The second kappa shape index (κ2) is 3.82. The second-order valence-corrected chi connectivity index (χ2v) is 4.06. The number of benzene rings is 1. The van der Waals surface area contributed by atoms with Crippen LogP contribution in [0.25, 0.3) is 10.9 Å². The van der Waals surface area contributed by atoms with Gasteiger partial charge in [-0.1, -0.05) is 19.9 Å². The van der Waals surface area contributed by atoms with Crippen molar-refractivity contribution in [2.45, 2.75) is 13.8 Å². The molecule has 2 aromatic rings. The van der Waals surface area contributed by atoms with Gasteiger partial charge in [-0.15, -0.1) is 0 Å². The van der Waals surface area contributed by atoms with E-state index in [0.717, 1.165) is 10.9 Å². The van der Waals surface area contributed by atoms with Gasteiger partial charge in [-0.05, 0) is 12.1 Å². The monoisotopic (exact) mass is 212 g/mol. The second-order valence-electron chi connectivity index (χ2n) is 4.06. The summed E-state index contributed by atoms with van der Waals surface area (Å²) in [7, 11) is 0. The molecule has 16 heavy (non-hydrogen) atoms. The van der Waals surface area contributed by atoms with Crippen molar-refractivity contribution >= 4 is 16.7 Å². The molecule has 0 unspecified atom stereocenters. The van der Waals surface area contributed by atoms with Crippen LogP contribution in [-0.4, -0.2) is 10.8 Å². The molecule has 0 aliphatic carbocycles. The molecule has 0 spiro atoms. The predicted octanol–water partition coefficient (Wildman–Crippen LogP) is 2.88. The fourth-order valence-electron chi connectivity index (χ4n) is 1.78. The van der Waals surface area contributed by atoms with Gasteiger partial charge in [0, 0.05) is 28.6 Å². The van der Waals surface area contributed by atoms with Gasteiger partial charge < -0.3 is 4.98 Å². The van der Waals surface area contributed by atoms with Crippen LogP contribution in [0.1, 0.15) is 29.8 Å². The minimum Gasteiger partial charge on any atom is -0.360 e. The van der Waals surface area contributed by atoms with Crippen LogP contribution < -0.4 is 0 Å². The van der Waals surface area contributed by atoms with E-state index in [1.807, 2.05) is 19.9 Å². The Balaban J connectivity index is 2.73. The van der Waals surface area contributed by atoms with E-state index in [0.29, 0.717) is 11.1 Å². The number of carbonyl (C=O) groups is 1. The number of nitrogens with one attached hydrogen (secondary N) is 1. The Labute approximate surface area is 93.7 Å². The van der Waals surface area contributed by atoms with Crippen molar-refractivity contribution < 1.29 is 4.79 Å². The molecule has 3 heteroatoms. The van der Waals surface area contributed by atoms with Crippen LogP contribution in [0.2, 0.25) is 0 Å². The third kappa shape index (κ3) is 1.49. The summed E-state index contributed by atoms with van der Waals surface area (Å²) < 4.78 is 0. The molecule has 1 aromatic carbocycles. The minimum atomic E-state index is -0.0641. The molecule has 3 nitrogen and oxygen atoms in total. The minimum absolute atomic E-state index is 0.0638. The smallest absolute Gasteiger partial charge is 0.167 e. The lowest BCUT2D eigenvalue weighted by Gasteiger charge is -2.02. The molecule has 1 aromatic heterocycles. The quantitative estimate of drug-likeness (QED) is 0.778. The molecule has 0 fully saturated rings. The van der Waals surface area contributed by atoms with E-state index >= 15 is 0 Å². The van der Waals surface area contributed by atoms with E-state index in [4.69, 9.17) is 5.26 Å². The Morgan fingerprint density at radius 1 is 1.44 bits per heavy atom. The van der Waals surface area contributed by atoms with Crippen molar-refractivity contribution in [1.29, 1.82) is 5.26 Å². The van der Waals surface area contributed by atoms with E-state index in [1.54, 1.807) is 18.3 Å². The van der Waals surface area contributed by atoms with Crippen LogP contribution in [0.5, 0.6) is 0 Å². The number of hydrogen-bond acceptors (Lipinski definition) is 2. The predicted molar refractivity (Wildman–Crippen MR) is 62.2 cm³/mol. The summed E-state index contributed by atoms with van der Waals surface area (Å²) in [6.45, 7) is 3.71. The normalized spacial score (nSPS) is 10.6. The number of aromatic amines is 1. The molecule has 0 atom stereocenters. The maximum Gasteiger partial charge on any atom is 0.167 e. The highest BCUT2D eigenvalue weighted by atomic mass is 16.1. The Morgan fingerprint density at radius 2 is 2.19 bits per heavy atom. The van der Waals surface area contributed by atoms with Gasteiger partial charge in [-0.2, -0.15) is 5.26 Å². The topological polar surface area (TPSA) is 56.6 Å². The number of nitrogens with zero attached hydrogens (tertiary/aromatic N) is 1. The Hall–Kier alpha value is -2.08. The van der Waals surface area contributed by atoms with Crippen LogP contribution in [-0.2, 0) is 0 Å². The molecule has 1 heterocycles. The average Bonchev–Trinajstić information content (AvgIpc) is 2.71. The Morgan fingerprint density at radius 3 is 2.81 bits per heavy atom. The molecule has 0 radical (unpaired) electrons. The fraction of sp³-hybridized carbons (Fsp3) is 0.231. The standard InChI is InChI=1S/C13H12N2O/c1-8(2)13(16)10-7-15-11-5-3-4-9(6-14)12(10)11/h3-5,7-8,15H,1-2H3. The third-order valence-corrected chi connectivity index (χ3v) is 2.62. The van der Waals surface area contributed by atoms with Crippen molar-refractivity contribution in [3.63, 3.8) is 0 Å². The zero-order valence-corrected chi connectivity index (χ0v) is 9.24. The van der Waals surface area contributed by atoms with E-state index in [-0.39, 0.29) is 11.7 Å². The third-order valence-electron chi connectivity index (χ3n) is 2.62. The van der Waals surface area contributed by atoms with Crippen LogP contribution in [0.3, 0.4) is 0 Å². The number of ketones is 1. The number of fused-ring (bicyclic) bond motifs is 1. The van der Waals surface area contributed by atoms with Crippen molar-refractivity contribution in [3.8, 4) is 6.07 Å². The molecular weight excluding hydrogens is 200 g/mol. The Bertz CT molecular complexity index is 587. The van der Waals surface area contributed by atoms with Gasteiger partial charge in [0.1, 0.15) is 0 Å². The van der Waals surface area contributed by atoms with Crippen LogP contribution in [0.15, 0.2) is 24.4 Å². The van der Waals surface area contributed by atoms with Crippen LogP contribution in [0.4, 0.5) is 0 Å². The van der Waals surface area contributed by atoms with Gasteiger partial charge in [0.2, 0.25) is 0 Å². The number of carbonyl (C=O) groups excluding carboxylic acids is 1. The average molecular weight is 212 g/mol. The fourth-order valence-corrected chi connectivity index (χ4v) is 1.78. The van der Waals surface area contributed by atoms with E-state index < -0.39 is 0 Å². The molecule has 0 amide bonds. The molecule has 0 aliphatic heterocycles. The van der Waals surface area contributed by atoms with Gasteiger partial charge in [0.15, 0.2) is 5.78 Å². The molecule has 0 aliphatic rings. The molecule has 0 saturated carbocycles. The summed E-state index contributed by atoms with van der Waals surface area (Å²) in [6, 6.07) is 7.52. The summed E-state index contributed by atoms with van der Waals surface area (Å²) in [5, 5.41) is 9.76. The number of hydrogen-bond donors (Lipinski definition) is 1. The lowest BCUT2D eigenvalue weighted by Crippen LogP contribution is -2.06. The number of aromatic nitrogens is 1. The lowest BCUT2D eigenvalue weighted by molar-refractivity contribution is 0.0941. The van der Waals surface area contributed by atoms with Crippen LogP contribution >= 0.6 is 0 Å². The number of rotatable bonds is 2. The summed E-state index contributed by atoms with van der Waals surface area (Å²) in [4.78, 5) is 15.0. The van der Waals surface area contributed by atoms with E-state index in [2.05, 4.69) is 11.1 Å². The highest BCUT2D eigenvalue weighted by Crippen LogP contribution is 2.24. The number of nitriles is 1. The molecule has 0 saturated heterocycles. The van der Waals surface area contributed by atoms with Crippen molar-refractivity contribution in [3.05, 3.63) is 35.5 Å². The van der Waals surface area contributed by atoms with Crippen molar-refractivity contribution in [1.82, 2.24) is 4.98 Å². The zero-order chi connectivity index (χ0) is 11.7. The maximum atomic E-state index is 12.0. The highest BCUT2D eigenvalue weighted by molar-refractivity contribution is 6.10. The van der Waals surface area contributed by atoms with Gasteiger partial charge in [0.05, 0.1) is 11.6 Å². The van der Waals surface area contributed by atoms with Gasteiger partial charge >= 0.3 is 0 Å². The first-order valence-electron chi connectivity index (χ1n) is 5.19. The molecule has 80 valence electrons. The van der Waals surface area contributed by atoms with E-state index in [1.165, 1.54) is 0 Å². The lowest BCUT2D eigenvalue weighted by atomic mass is 9.98. The zero-order valence-electron chi connectivity index (χ0n) is 9.24. The largest absolute Gasteiger partial charge is 0.360 e. The molecule has 0 bridgehead atoms. The Kier molecular flexibility index (Phi) is 2.49. The van der Waals surface area contributed by atoms with Gasteiger partial charge in [-0.3, -0.25) is 4.79 Å². The first-order chi connectivity index (χ1) is 7.65. The molecular formula is C13H12N2O. The highest BCUT2D eigenvalue weighted by Gasteiger charge is 2.17. The number of Topliss-reactive ketones (excluding diaryl/α,β-unsaturated/α-hetero) is 1. The van der Waals surface area contributed by atoms with Crippen molar-refractivity contribution in [2.24, 2.45) is 5.92 Å². The maximum absolute atomic E-state index is 12.0. The SMILES string of the molecule is CC(C)C(=O)c1c[nH]c2cccc(C#N)c12. The first kappa shape index (κ1) is 10.4. The summed E-state index contributed by atoms with van der Waals surface area (Å²) >= 11 is 0. The van der Waals surface area contributed by atoms with Gasteiger partial charge in [0.25, 0.3) is 0 Å². The molecule has 1 N–H and O–H groups in total. The summed E-state index contributed by atoms with van der Waals surface area (Å²) in [6.07, 6.45) is 1.69. The first-order valence-corrected chi connectivity index (χ1v) is 5.19. The number of H-pyrrole nitrogens is 1. The van der Waals surface area contributed by atoms with Crippen molar-refractivity contribution in [2.75, 3.05) is 0 Å². The van der Waals surface area contributed by atoms with Crippen LogP contribution in [0, 0.1) is 17.2 Å². The van der Waals surface area contributed by atoms with Gasteiger partial charge in [-0.25, -0.2) is 0 Å². The van der Waals surface area contributed by atoms with E-state index in [9.17, 15) is 4.79 Å². The summed E-state index contributed by atoms with van der Waals surface area (Å²) in [5.41, 5.74) is 1.99. The molecule has 2 rings (SSSR count). The summed E-state index contributed by atoms with van der Waals surface area (Å²) in [5.74, 6) is -0.000279.